The van der Waals surface area contributed by atoms with E-state index in [4.69, 9.17) is 0 Å². The Labute approximate surface area is 150 Å². The lowest BCUT2D eigenvalue weighted by atomic mass is 10.1. The van der Waals surface area contributed by atoms with Gasteiger partial charge in [-0.3, -0.25) is 4.79 Å². The number of nitrogens with one attached hydrogen (secondary N) is 1. The largest absolute Gasteiger partial charge is 0.298 e. The second-order valence-electron chi connectivity index (χ2n) is 6.57. The van der Waals surface area contributed by atoms with Gasteiger partial charge in [0, 0.05) is 21.9 Å². The number of rotatable bonds is 6. The molecule has 0 radical (unpaired) electrons. The molecule has 0 aliphatic carbocycles. The Bertz CT molecular complexity index is 751. The Morgan fingerprint density at radius 3 is 2.50 bits per heavy atom. The minimum absolute atomic E-state index is 0.303. The Kier molecular flexibility index (Phi) is 6.38. The summed E-state index contributed by atoms with van der Waals surface area (Å²) in [5.41, 5.74) is 2.91. The van der Waals surface area contributed by atoms with Crippen LogP contribution in [0.4, 0.5) is 0 Å². The highest BCUT2D eigenvalue weighted by molar-refractivity contribution is 7.99. The first-order valence-electron chi connectivity index (χ1n) is 7.78. The van der Waals surface area contributed by atoms with Crippen LogP contribution in [0.5, 0.6) is 0 Å². The van der Waals surface area contributed by atoms with Gasteiger partial charge in [0.25, 0.3) is 0 Å². The molecule has 0 amide bonds. The molecule has 1 unspecified atom stereocenters. The smallest absolute Gasteiger partial charge is 0.151 e. The lowest BCUT2D eigenvalue weighted by molar-refractivity contribution is 0.112. The third-order valence-electron chi connectivity index (χ3n) is 3.44. The second kappa shape index (κ2) is 8.10. The lowest BCUT2D eigenvalue weighted by Crippen LogP contribution is -2.32. The molecule has 2 aromatic rings. The van der Waals surface area contributed by atoms with Gasteiger partial charge in [0.05, 0.1) is 15.7 Å². The van der Waals surface area contributed by atoms with Crippen molar-refractivity contribution in [2.45, 2.75) is 48.8 Å². The van der Waals surface area contributed by atoms with E-state index < -0.39 is 11.0 Å². The molecule has 0 heterocycles. The van der Waals surface area contributed by atoms with E-state index in [1.54, 1.807) is 11.8 Å². The fourth-order valence-electron chi connectivity index (χ4n) is 2.05. The van der Waals surface area contributed by atoms with E-state index in [9.17, 15) is 9.00 Å². The van der Waals surface area contributed by atoms with Crippen LogP contribution < -0.4 is 4.72 Å². The summed E-state index contributed by atoms with van der Waals surface area (Å²) in [6, 6.07) is 13.7. The zero-order valence-electron chi connectivity index (χ0n) is 14.5. The first-order chi connectivity index (χ1) is 11.3. The molecule has 0 saturated carbocycles. The third-order valence-corrected chi connectivity index (χ3v) is 6.15. The molecular formula is C19H23NO2S2. The molecule has 0 spiro atoms. The fraction of sp³-hybridized carbons (Fsp3) is 0.316. The number of carbonyl (C=O) groups is 1. The van der Waals surface area contributed by atoms with Crippen molar-refractivity contribution in [2.75, 3.05) is 0 Å². The third kappa shape index (κ3) is 5.03. The van der Waals surface area contributed by atoms with E-state index in [1.165, 1.54) is 0 Å². The number of benzene rings is 2. The number of carbonyl (C=O) groups excluding carboxylic acids is 1. The van der Waals surface area contributed by atoms with E-state index >= 15 is 0 Å². The average Bonchev–Trinajstić information content (AvgIpc) is 2.53. The number of hydrogen-bond donors (Lipinski definition) is 1. The zero-order valence-corrected chi connectivity index (χ0v) is 16.1. The quantitative estimate of drug-likeness (QED) is 0.770. The van der Waals surface area contributed by atoms with E-state index in [2.05, 4.69) is 10.8 Å². The van der Waals surface area contributed by atoms with Gasteiger partial charge in [0.1, 0.15) is 0 Å². The van der Waals surface area contributed by atoms with Gasteiger partial charge in [0.2, 0.25) is 0 Å². The summed E-state index contributed by atoms with van der Waals surface area (Å²) in [5.74, 6) is 0. The maximum absolute atomic E-state index is 12.2. The molecule has 0 aliphatic rings. The molecule has 2 aromatic carbocycles. The van der Waals surface area contributed by atoms with Gasteiger partial charge in [-0.05, 0) is 51.0 Å². The van der Waals surface area contributed by atoms with Crippen molar-refractivity contribution < 1.29 is 9.00 Å². The van der Waals surface area contributed by atoms with E-state index in [0.717, 1.165) is 27.2 Å². The average molecular weight is 362 g/mol. The molecule has 24 heavy (non-hydrogen) atoms. The SMILES string of the molecule is Cc1ccc(CNS(=O)C(C)(C)C)c(Sc2ccccc2C=O)c1. The van der Waals surface area contributed by atoms with Crippen LogP contribution in [0.15, 0.2) is 52.3 Å². The first kappa shape index (κ1) is 18.9. The highest BCUT2D eigenvalue weighted by Gasteiger charge is 2.19. The minimum Gasteiger partial charge on any atom is -0.298 e. The van der Waals surface area contributed by atoms with Crippen LogP contribution >= 0.6 is 11.8 Å². The Morgan fingerprint density at radius 1 is 1.12 bits per heavy atom. The Balaban J connectivity index is 2.25. The van der Waals surface area contributed by atoms with Gasteiger partial charge in [-0.2, -0.15) is 0 Å². The van der Waals surface area contributed by atoms with Crippen LogP contribution in [0.25, 0.3) is 0 Å². The zero-order chi connectivity index (χ0) is 17.7. The van der Waals surface area contributed by atoms with Crippen molar-refractivity contribution in [1.82, 2.24) is 4.72 Å². The first-order valence-corrected chi connectivity index (χ1v) is 9.75. The van der Waals surface area contributed by atoms with Gasteiger partial charge in [-0.25, -0.2) is 8.93 Å². The van der Waals surface area contributed by atoms with Crippen LogP contribution in [-0.2, 0) is 17.5 Å². The summed E-state index contributed by atoms with van der Waals surface area (Å²) < 4.78 is 15.0. The van der Waals surface area contributed by atoms with Crippen molar-refractivity contribution in [3.05, 3.63) is 59.2 Å². The van der Waals surface area contributed by atoms with Gasteiger partial charge >= 0.3 is 0 Å². The highest BCUT2D eigenvalue weighted by atomic mass is 32.2. The predicted octanol–water partition coefficient (Wildman–Crippen LogP) is 4.51. The van der Waals surface area contributed by atoms with Crippen LogP contribution in [0.3, 0.4) is 0 Å². The topological polar surface area (TPSA) is 46.2 Å². The van der Waals surface area contributed by atoms with Crippen molar-refractivity contribution in [3.8, 4) is 0 Å². The maximum atomic E-state index is 12.2. The highest BCUT2D eigenvalue weighted by Crippen LogP contribution is 2.33. The standard InChI is InChI=1S/C19H23NO2S2/c1-14-9-10-15(12-20-24(22)19(2,3)4)18(11-14)23-17-8-6-5-7-16(17)13-21/h5-11,13,20H,12H2,1-4H3. The summed E-state index contributed by atoms with van der Waals surface area (Å²) in [6.07, 6.45) is 0.880. The maximum Gasteiger partial charge on any atom is 0.151 e. The molecular weight excluding hydrogens is 338 g/mol. The summed E-state index contributed by atoms with van der Waals surface area (Å²) in [4.78, 5) is 13.2. The summed E-state index contributed by atoms with van der Waals surface area (Å²) in [5, 5.41) is 0. The molecule has 5 heteroatoms. The van der Waals surface area contributed by atoms with Crippen LogP contribution in [-0.4, -0.2) is 15.2 Å². The fourth-order valence-corrected chi connectivity index (χ4v) is 3.91. The Hall–Kier alpha value is -1.43. The van der Waals surface area contributed by atoms with Gasteiger partial charge < -0.3 is 0 Å². The number of aldehydes is 1. The summed E-state index contributed by atoms with van der Waals surface area (Å²) >= 11 is 1.57. The van der Waals surface area contributed by atoms with Crippen molar-refractivity contribution in [2.24, 2.45) is 0 Å². The molecule has 1 atom stereocenters. The van der Waals surface area contributed by atoms with E-state index in [-0.39, 0.29) is 4.75 Å². The van der Waals surface area contributed by atoms with Crippen LogP contribution in [0.1, 0.15) is 42.3 Å². The molecule has 128 valence electrons. The second-order valence-corrected chi connectivity index (χ2v) is 9.71. The van der Waals surface area contributed by atoms with Crippen molar-refractivity contribution >= 4 is 29.0 Å². The monoisotopic (exact) mass is 361 g/mol. The predicted molar refractivity (Wildman–Crippen MR) is 102 cm³/mol. The van der Waals surface area contributed by atoms with Gasteiger partial charge in [-0.1, -0.05) is 42.1 Å². The molecule has 1 N–H and O–H groups in total. The van der Waals surface area contributed by atoms with Crippen LogP contribution in [0, 0.1) is 6.92 Å². The molecule has 0 saturated heterocycles. The van der Waals surface area contributed by atoms with E-state index in [1.807, 2.05) is 64.1 Å². The number of aryl methyl sites for hydroxylation is 1. The summed E-state index contributed by atoms with van der Waals surface area (Å²) in [6.45, 7) is 8.40. The Morgan fingerprint density at radius 2 is 1.83 bits per heavy atom. The van der Waals surface area contributed by atoms with Gasteiger partial charge in [-0.15, -0.1) is 0 Å². The van der Waals surface area contributed by atoms with Crippen molar-refractivity contribution in [1.29, 1.82) is 0 Å². The normalized spacial score (nSPS) is 12.8. The van der Waals surface area contributed by atoms with Gasteiger partial charge in [0.15, 0.2) is 6.29 Å². The molecule has 0 bridgehead atoms. The lowest BCUT2D eigenvalue weighted by Gasteiger charge is -2.19. The van der Waals surface area contributed by atoms with Crippen LogP contribution in [0.2, 0.25) is 0 Å². The molecule has 2 rings (SSSR count). The molecule has 0 aliphatic heterocycles. The molecule has 0 fully saturated rings. The minimum atomic E-state index is -1.12. The molecule has 3 nitrogen and oxygen atoms in total. The van der Waals surface area contributed by atoms with Crippen molar-refractivity contribution in [3.63, 3.8) is 0 Å². The number of hydrogen-bond acceptors (Lipinski definition) is 3. The summed E-state index contributed by atoms with van der Waals surface area (Å²) in [7, 11) is -1.12. The molecule has 0 aromatic heterocycles. The van der Waals surface area contributed by atoms with E-state index in [0.29, 0.717) is 12.1 Å².